The smallest absolute Gasteiger partial charge is 0.306 e. The molecule has 1 heterocycles. The lowest BCUT2D eigenvalue weighted by atomic mass is 9.96. The van der Waals surface area contributed by atoms with Crippen molar-refractivity contribution in [3.8, 4) is 0 Å². The van der Waals surface area contributed by atoms with Crippen molar-refractivity contribution >= 4 is 11.9 Å². The van der Waals surface area contributed by atoms with Crippen molar-refractivity contribution < 1.29 is 34.4 Å². The van der Waals surface area contributed by atoms with Crippen LogP contribution in [-0.2, 0) is 19.1 Å². The van der Waals surface area contributed by atoms with Crippen LogP contribution in [0.2, 0.25) is 0 Å². The number of hydrogen-bond acceptors (Lipinski definition) is 7. The molecule has 0 aromatic rings. The number of esters is 1. The summed E-state index contributed by atoms with van der Waals surface area (Å²) in [5.74, 6) is -1.01. The second kappa shape index (κ2) is 8.28. The first-order valence-electron chi connectivity index (χ1n) is 6.99. The molecule has 5 atom stereocenters. The number of carbonyl (C=O) groups is 2. The quantitative estimate of drug-likeness (QED) is 0.448. The maximum absolute atomic E-state index is 11.7. The minimum Gasteiger partial charge on any atom is -0.457 e. The Morgan fingerprint density at radius 3 is 2.52 bits per heavy atom. The van der Waals surface area contributed by atoms with Crippen molar-refractivity contribution in [1.82, 2.24) is 5.32 Å². The van der Waals surface area contributed by atoms with Crippen molar-refractivity contribution in [2.75, 3.05) is 6.61 Å². The van der Waals surface area contributed by atoms with Crippen molar-refractivity contribution in [1.29, 1.82) is 0 Å². The minimum absolute atomic E-state index is 0.174. The molecule has 1 aliphatic rings. The molecular formula is C13H23NO7. The molecule has 0 radical (unpaired) electrons. The molecule has 0 unspecified atom stereocenters. The van der Waals surface area contributed by atoms with Crippen LogP contribution in [0.1, 0.15) is 33.1 Å². The van der Waals surface area contributed by atoms with Crippen molar-refractivity contribution in [2.45, 2.75) is 63.8 Å². The summed E-state index contributed by atoms with van der Waals surface area (Å²) in [5.41, 5.74) is 0. The summed E-state index contributed by atoms with van der Waals surface area (Å²) in [4.78, 5) is 22.9. The zero-order valence-electron chi connectivity index (χ0n) is 12.2. The van der Waals surface area contributed by atoms with Crippen molar-refractivity contribution in [2.24, 2.45) is 0 Å². The fourth-order valence-corrected chi connectivity index (χ4v) is 2.14. The Morgan fingerprint density at radius 2 is 2.00 bits per heavy atom. The van der Waals surface area contributed by atoms with Gasteiger partial charge >= 0.3 is 5.97 Å². The number of hydrogen-bond donors (Lipinski definition) is 4. The lowest BCUT2D eigenvalue weighted by molar-refractivity contribution is -0.258. The Bertz CT molecular complexity index is 362. The number of aliphatic hydroxyl groups excluding tert-OH is 3. The standard InChI is InChI=1S/C13H23NO7/c1-3-4-5-9(17)21-12-10(14-7(2)16)13(19)20-8(6-15)11(12)18/h8,10-13,15,18-19H,3-6H2,1-2H3,(H,14,16)/t8-,10-,11+,12-,13+/m0/s1. The van der Waals surface area contributed by atoms with Crippen LogP contribution in [0.4, 0.5) is 0 Å². The van der Waals surface area contributed by atoms with E-state index in [1.54, 1.807) is 0 Å². The van der Waals surface area contributed by atoms with E-state index in [-0.39, 0.29) is 6.42 Å². The van der Waals surface area contributed by atoms with Gasteiger partial charge in [0.25, 0.3) is 0 Å². The van der Waals surface area contributed by atoms with E-state index in [9.17, 15) is 19.8 Å². The van der Waals surface area contributed by atoms with Gasteiger partial charge in [-0.05, 0) is 6.42 Å². The molecule has 1 aliphatic heterocycles. The summed E-state index contributed by atoms with van der Waals surface area (Å²) in [7, 11) is 0. The van der Waals surface area contributed by atoms with Crippen LogP contribution in [0.3, 0.4) is 0 Å². The van der Waals surface area contributed by atoms with E-state index in [1.165, 1.54) is 6.92 Å². The largest absolute Gasteiger partial charge is 0.457 e. The summed E-state index contributed by atoms with van der Waals surface area (Å²) >= 11 is 0. The first kappa shape index (κ1) is 17.8. The number of carbonyl (C=O) groups excluding carboxylic acids is 2. The van der Waals surface area contributed by atoms with E-state index in [1.807, 2.05) is 6.92 Å². The van der Waals surface area contributed by atoms with Gasteiger partial charge in [-0.25, -0.2) is 0 Å². The van der Waals surface area contributed by atoms with Gasteiger partial charge < -0.3 is 30.1 Å². The molecule has 0 aliphatic carbocycles. The van der Waals surface area contributed by atoms with Crippen LogP contribution in [0.15, 0.2) is 0 Å². The third-order valence-electron chi connectivity index (χ3n) is 3.24. The summed E-state index contributed by atoms with van der Waals surface area (Å²) in [5, 5.41) is 31.4. The molecule has 0 aromatic carbocycles. The van der Waals surface area contributed by atoms with Crippen LogP contribution in [0, 0.1) is 0 Å². The molecular weight excluding hydrogens is 282 g/mol. The lowest BCUT2D eigenvalue weighted by Gasteiger charge is -2.41. The van der Waals surface area contributed by atoms with E-state index in [0.29, 0.717) is 6.42 Å². The Hall–Kier alpha value is -1.22. The normalized spacial score (nSPS) is 32.5. The highest BCUT2D eigenvalue weighted by Crippen LogP contribution is 2.23. The monoisotopic (exact) mass is 305 g/mol. The Morgan fingerprint density at radius 1 is 1.33 bits per heavy atom. The zero-order chi connectivity index (χ0) is 16.0. The molecule has 1 amide bonds. The SMILES string of the molecule is CCCCC(=O)O[C@@H]1[C@H](O)[C@H](CO)O[C@@H](O)[C@H]1NC(C)=O. The van der Waals surface area contributed by atoms with Gasteiger partial charge in [-0.15, -0.1) is 0 Å². The second-order valence-corrected chi connectivity index (χ2v) is 5.02. The van der Waals surface area contributed by atoms with Crippen LogP contribution in [-0.4, -0.2) is 64.4 Å². The average molecular weight is 305 g/mol. The van der Waals surface area contributed by atoms with Gasteiger partial charge in [0.2, 0.25) is 5.91 Å². The Balaban J connectivity index is 2.82. The first-order valence-corrected chi connectivity index (χ1v) is 6.99. The van der Waals surface area contributed by atoms with Gasteiger partial charge in [0.05, 0.1) is 6.61 Å². The van der Waals surface area contributed by atoms with Gasteiger partial charge in [0.15, 0.2) is 12.4 Å². The van der Waals surface area contributed by atoms with E-state index < -0.39 is 49.1 Å². The summed E-state index contributed by atoms with van der Waals surface area (Å²) < 4.78 is 10.2. The van der Waals surface area contributed by atoms with Gasteiger partial charge in [-0.3, -0.25) is 9.59 Å². The molecule has 8 nitrogen and oxygen atoms in total. The maximum atomic E-state index is 11.7. The third kappa shape index (κ3) is 4.92. The van der Waals surface area contributed by atoms with E-state index in [0.717, 1.165) is 6.42 Å². The molecule has 4 N–H and O–H groups in total. The lowest BCUT2D eigenvalue weighted by Crippen LogP contribution is -2.65. The number of amides is 1. The Kier molecular flexibility index (Phi) is 7.03. The fourth-order valence-electron chi connectivity index (χ4n) is 2.14. The van der Waals surface area contributed by atoms with Gasteiger partial charge in [-0.2, -0.15) is 0 Å². The minimum atomic E-state index is -1.49. The molecule has 1 fully saturated rings. The number of unbranched alkanes of at least 4 members (excludes halogenated alkanes) is 1. The van der Waals surface area contributed by atoms with E-state index >= 15 is 0 Å². The molecule has 0 saturated carbocycles. The summed E-state index contributed by atoms with van der Waals surface area (Å²) in [6.45, 7) is 2.60. The molecule has 1 rings (SSSR count). The van der Waals surface area contributed by atoms with Crippen LogP contribution in [0.5, 0.6) is 0 Å². The third-order valence-corrected chi connectivity index (χ3v) is 3.24. The highest BCUT2D eigenvalue weighted by Gasteiger charge is 2.47. The number of rotatable bonds is 6. The van der Waals surface area contributed by atoms with E-state index in [2.05, 4.69) is 5.32 Å². The number of aliphatic hydroxyl groups is 3. The summed E-state index contributed by atoms with van der Waals surface area (Å²) in [6.07, 6.45) is -3.49. The molecule has 0 spiro atoms. The molecule has 21 heavy (non-hydrogen) atoms. The molecule has 1 saturated heterocycles. The number of nitrogens with one attached hydrogen (secondary N) is 1. The predicted octanol–water partition coefficient (Wildman–Crippen LogP) is -1.34. The first-order chi connectivity index (χ1) is 9.90. The highest BCUT2D eigenvalue weighted by atomic mass is 16.6. The molecule has 0 aromatic heterocycles. The van der Waals surface area contributed by atoms with Crippen LogP contribution >= 0.6 is 0 Å². The van der Waals surface area contributed by atoms with Crippen LogP contribution < -0.4 is 5.32 Å². The second-order valence-electron chi connectivity index (χ2n) is 5.02. The molecule has 122 valence electrons. The van der Waals surface area contributed by atoms with Gasteiger partial charge in [0, 0.05) is 13.3 Å². The molecule has 8 heteroatoms. The van der Waals surface area contributed by atoms with Crippen molar-refractivity contribution in [3.05, 3.63) is 0 Å². The highest BCUT2D eigenvalue weighted by molar-refractivity contribution is 5.73. The average Bonchev–Trinajstić information content (AvgIpc) is 2.43. The fraction of sp³-hybridized carbons (Fsp3) is 0.846. The van der Waals surface area contributed by atoms with Crippen LogP contribution in [0.25, 0.3) is 0 Å². The number of ether oxygens (including phenoxy) is 2. The van der Waals surface area contributed by atoms with E-state index in [4.69, 9.17) is 14.6 Å². The summed E-state index contributed by atoms with van der Waals surface area (Å²) in [6, 6.07) is -1.09. The van der Waals surface area contributed by atoms with Crippen molar-refractivity contribution in [3.63, 3.8) is 0 Å². The zero-order valence-corrected chi connectivity index (χ0v) is 12.2. The van der Waals surface area contributed by atoms with Gasteiger partial charge in [0.1, 0.15) is 18.2 Å². The molecule has 0 bridgehead atoms. The predicted molar refractivity (Wildman–Crippen MR) is 71.0 cm³/mol. The Labute approximate surface area is 123 Å². The maximum Gasteiger partial charge on any atom is 0.306 e. The topological polar surface area (TPSA) is 125 Å². The van der Waals surface area contributed by atoms with Gasteiger partial charge in [-0.1, -0.05) is 13.3 Å².